The largest absolute Gasteiger partial charge is 0.388 e. The number of aliphatic hydroxyl groups is 1. The summed E-state index contributed by atoms with van der Waals surface area (Å²) in [5.41, 5.74) is 5.01. The van der Waals surface area contributed by atoms with E-state index in [1.54, 1.807) is 36.4 Å². The van der Waals surface area contributed by atoms with Crippen LogP contribution in [0.3, 0.4) is 0 Å². The maximum absolute atomic E-state index is 12.4. The number of hydrogen-bond acceptors (Lipinski definition) is 3. The van der Waals surface area contributed by atoms with Gasteiger partial charge >= 0.3 is 0 Å². The monoisotopic (exact) mass is 359 g/mol. The predicted molar refractivity (Wildman–Crippen MR) is 106 cm³/mol. The van der Waals surface area contributed by atoms with Crippen molar-refractivity contribution in [3.8, 4) is 0 Å². The van der Waals surface area contributed by atoms with Crippen molar-refractivity contribution < 1.29 is 14.7 Å². The average molecular weight is 359 g/mol. The van der Waals surface area contributed by atoms with Gasteiger partial charge in [-0.2, -0.15) is 0 Å². The molecule has 0 aromatic heterocycles. The summed E-state index contributed by atoms with van der Waals surface area (Å²) < 4.78 is 0. The van der Waals surface area contributed by atoms with Crippen molar-refractivity contribution in [1.82, 2.24) is 0 Å². The van der Waals surface area contributed by atoms with Crippen molar-refractivity contribution in [3.05, 3.63) is 101 Å². The van der Waals surface area contributed by atoms with E-state index in [1.807, 2.05) is 12.1 Å². The standard InChI is InChI=1S/C23H21NO3/c1-16-5-7-17(8-6-16)13-18-9-11-19(12-10-18)23(27)24-21-4-2-3-20(14-21)22(26)15-25/h2-12,14,25H,13,15H2,1H3,(H,24,27). The SMILES string of the molecule is Cc1ccc(Cc2ccc(C(=O)Nc3cccc(C(=O)CO)c3)cc2)cc1. The molecule has 4 heteroatoms. The second-order valence-corrected chi connectivity index (χ2v) is 6.48. The number of nitrogens with one attached hydrogen (secondary N) is 1. The fourth-order valence-electron chi connectivity index (χ4n) is 2.78. The first kappa shape index (κ1) is 18.5. The van der Waals surface area contributed by atoms with Gasteiger partial charge in [0.15, 0.2) is 5.78 Å². The van der Waals surface area contributed by atoms with Gasteiger partial charge in [0.05, 0.1) is 0 Å². The van der Waals surface area contributed by atoms with E-state index in [0.717, 1.165) is 12.0 Å². The number of carbonyl (C=O) groups excluding carboxylic acids is 2. The number of anilines is 1. The van der Waals surface area contributed by atoms with Crippen LogP contribution in [0.15, 0.2) is 72.8 Å². The molecule has 0 aliphatic rings. The number of rotatable bonds is 6. The van der Waals surface area contributed by atoms with Gasteiger partial charge in [0.1, 0.15) is 6.61 Å². The number of amides is 1. The number of benzene rings is 3. The molecule has 0 aliphatic heterocycles. The van der Waals surface area contributed by atoms with E-state index in [2.05, 4.69) is 36.5 Å². The van der Waals surface area contributed by atoms with Crippen LogP contribution in [0.25, 0.3) is 0 Å². The molecule has 0 fully saturated rings. The first-order chi connectivity index (χ1) is 13.0. The zero-order chi connectivity index (χ0) is 19.2. The van der Waals surface area contributed by atoms with Crippen molar-refractivity contribution >= 4 is 17.4 Å². The quantitative estimate of drug-likeness (QED) is 0.654. The highest BCUT2D eigenvalue weighted by Gasteiger charge is 2.09. The Hall–Kier alpha value is -3.24. The van der Waals surface area contributed by atoms with Crippen LogP contribution in [0.4, 0.5) is 5.69 Å². The first-order valence-electron chi connectivity index (χ1n) is 8.75. The van der Waals surface area contributed by atoms with Crippen LogP contribution in [0.2, 0.25) is 0 Å². The Labute approximate surface area is 158 Å². The summed E-state index contributed by atoms with van der Waals surface area (Å²) in [6, 6.07) is 22.4. The molecule has 0 atom stereocenters. The Morgan fingerprint density at radius 2 is 1.48 bits per heavy atom. The molecule has 4 nitrogen and oxygen atoms in total. The van der Waals surface area contributed by atoms with Gasteiger partial charge in [-0.3, -0.25) is 9.59 Å². The smallest absolute Gasteiger partial charge is 0.255 e. The summed E-state index contributed by atoms with van der Waals surface area (Å²) in [4.78, 5) is 24.0. The molecule has 3 aromatic carbocycles. The van der Waals surface area contributed by atoms with Crippen LogP contribution in [0.5, 0.6) is 0 Å². The molecule has 0 radical (unpaired) electrons. The van der Waals surface area contributed by atoms with E-state index < -0.39 is 6.61 Å². The lowest BCUT2D eigenvalue weighted by atomic mass is 10.0. The van der Waals surface area contributed by atoms with E-state index in [9.17, 15) is 9.59 Å². The fraction of sp³-hybridized carbons (Fsp3) is 0.130. The van der Waals surface area contributed by atoms with E-state index in [4.69, 9.17) is 5.11 Å². The van der Waals surface area contributed by atoms with Crippen LogP contribution >= 0.6 is 0 Å². The Bertz CT molecular complexity index is 944. The molecule has 3 aromatic rings. The van der Waals surface area contributed by atoms with Crippen molar-refractivity contribution in [2.75, 3.05) is 11.9 Å². The zero-order valence-corrected chi connectivity index (χ0v) is 15.1. The van der Waals surface area contributed by atoms with Crippen molar-refractivity contribution in [2.45, 2.75) is 13.3 Å². The molecule has 0 spiro atoms. The van der Waals surface area contributed by atoms with Crippen LogP contribution in [0.1, 0.15) is 37.4 Å². The lowest BCUT2D eigenvalue weighted by Crippen LogP contribution is -2.13. The normalized spacial score (nSPS) is 10.4. The molecular weight excluding hydrogens is 338 g/mol. The van der Waals surface area contributed by atoms with Crippen LogP contribution in [-0.2, 0) is 6.42 Å². The van der Waals surface area contributed by atoms with Gasteiger partial charge in [0, 0.05) is 16.8 Å². The minimum Gasteiger partial charge on any atom is -0.388 e. The van der Waals surface area contributed by atoms with Crippen molar-refractivity contribution in [3.63, 3.8) is 0 Å². The minimum atomic E-state index is -0.556. The maximum Gasteiger partial charge on any atom is 0.255 e. The molecule has 0 heterocycles. The molecule has 0 unspecified atom stereocenters. The zero-order valence-electron chi connectivity index (χ0n) is 15.1. The molecule has 27 heavy (non-hydrogen) atoms. The van der Waals surface area contributed by atoms with Crippen LogP contribution in [-0.4, -0.2) is 23.4 Å². The van der Waals surface area contributed by atoms with Gasteiger partial charge in [0.2, 0.25) is 0 Å². The van der Waals surface area contributed by atoms with E-state index in [0.29, 0.717) is 16.8 Å². The summed E-state index contributed by atoms with van der Waals surface area (Å²) in [6.45, 7) is 1.51. The lowest BCUT2D eigenvalue weighted by molar-refractivity contribution is 0.0903. The van der Waals surface area contributed by atoms with E-state index >= 15 is 0 Å². The van der Waals surface area contributed by atoms with Gasteiger partial charge in [-0.1, -0.05) is 54.1 Å². The Morgan fingerprint density at radius 1 is 0.852 bits per heavy atom. The third kappa shape index (κ3) is 4.90. The summed E-state index contributed by atoms with van der Waals surface area (Å²) in [5, 5.41) is 11.7. The predicted octanol–water partition coefficient (Wildman–Crippen LogP) is 4.01. The number of ketones is 1. The molecule has 136 valence electrons. The second-order valence-electron chi connectivity index (χ2n) is 6.48. The fourth-order valence-corrected chi connectivity index (χ4v) is 2.78. The summed E-state index contributed by atoms with van der Waals surface area (Å²) in [6.07, 6.45) is 0.813. The van der Waals surface area contributed by atoms with Crippen LogP contribution in [0, 0.1) is 6.92 Å². The Kier molecular flexibility index (Phi) is 5.79. The van der Waals surface area contributed by atoms with E-state index in [1.165, 1.54) is 11.1 Å². The number of Topliss-reactive ketones (excluding diaryl/α,β-unsaturated/α-hetero) is 1. The third-order valence-corrected chi connectivity index (χ3v) is 4.33. The number of aliphatic hydroxyl groups excluding tert-OH is 1. The van der Waals surface area contributed by atoms with Crippen molar-refractivity contribution in [1.29, 1.82) is 0 Å². The Morgan fingerprint density at radius 3 is 2.11 bits per heavy atom. The summed E-state index contributed by atoms with van der Waals surface area (Å²) in [5.74, 6) is -0.628. The molecule has 0 saturated heterocycles. The maximum atomic E-state index is 12.4. The summed E-state index contributed by atoms with van der Waals surface area (Å²) >= 11 is 0. The molecule has 3 rings (SSSR count). The topological polar surface area (TPSA) is 66.4 Å². The number of aryl methyl sites for hydroxylation is 1. The number of hydrogen-bond donors (Lipinski definition) is 2. The van der Waals surface area contributed by atoms with Crippen LogP contribution < -0.4 is 5.32 Å². The number of carbonyl (C=O) groups is 2. The minimum absolute atomic E-state index is 0.245. The molecular formula is C23H21NO3. The average Bonchev–Trinajstić information content (AvgIpc) is 2.70. The van der Waals surface area contributed by atoms with Gasteiger partial charge in [-0.25, -0.2) is 0 Å². The highest BCUT2D eigenvalue weighted by molar-refractivity contribution is 6.05. The van der Waals surface area contributed by atoms with Gasteiger partial charge in [0.25, 0.3) is 5.91 Å². The highest BCUT2D eigenvalue weighted by atomic mass is 16.3. The first-order valence-corrected chi connectivity index (χ1v) is 8.75. The molecule has 0 bridgehead atoms. The lowest BCUT2D eigenvalue weighted by Gasteiger charge is -2.08. The van der Waals surface area contributed by atoms with Crippen molar-refractivity contribution in [2.24, 2.45) is 0 Å². The van der Waals surface area contributed by atoms with Gasteiger partial charge < -0.3 is 10.4 Å². The molecule has 1 amide bonds. The Balaban J connectivity index is 1.67. The molecule has 2 N–H and O–H groups in total. The van der Waals surface area contributed by atoms with Gasteiger partial charge in [-0.15, -0.1) is 0 Å². The molecule has 0 aliphatic carbocycles. The van der Waals surface area contributed by atoms with E-state index in [-0.39, 0.29) is 11.7 Å². The molecule has 0 saturated carbocycles. The highest BCUT2D eigenvalue weighted by Crippen LogP contribution is 2.15. The third-order valence-electron chi connectivity index (χ3n) is 4.33. The van der Waals surface area contributed by atoms with Gasteiger partial charge in [-0.05, 0) is 48.7 Å². The second kappa shape index (κ2) is 8.43. The summed E-state index contributed by atoms with van der Waals surface area (Å²) in [7, 11) is 0.